The van der Waals surface area contributed by atoms with Gasteiger partial charge in [0.1, 0.15) is 23.2 Å². The average molecular weight is 771 g/mol. The number of hydrogen-bond donors (Lipinski definition) is 1. The zero-order valence-corrected chi connectivity index (χ0v) is 32.6. The maximum absolute atomic E-state index is 6.78. The third-order valence-corrected chi connectivity index (χ3v) is 11.3. The van der Waals surface area contributed by atoms with Crippen LogP contribution in [0.1, 0.15) is 22.9 Å². The van der Waals surface area contributed by atoms with Crippen molar-refractivity contribution in [1.29, 1.82) is 0 Å². The molecule has 5 heteroatoms. The van der Waals surface area contributed by atoms with Gasteiger partial charge in [-0.05, 0) is 93.2 Å². The second-order valence-corrected chi connectivity index (χ2v) is 15.0. The van der Waals surface area contributed by atoms with E-state index in [-0.39, 0.29) is 6.17 Å². The van der Waals surface area contributed by atoms with Crippen LogP contribution in [0.25, 0.3) is 55.0 Å². The fourth-order valence-electron chi connectivity index (χ4n) is 8.39. The number of furan rings is 1. The number of hydrogen-bond acceptors (Lipinski definition) is 5. The Labute approximate surface area is 348 Å². The van der Waals surface area contributed by atoms with Crippen LogP contribution in [0.4, 0.5) is 17.1 Å². The molecule has 0 saturated carbocycles. The van der Waals surface area contributed by atoms with Crippen molar-refractivity contribution in [2.45, 2.75) is 6.17 Å². The van der Waals surface area contributed by atoms with E-state index in [1.54, 1.807) is 0 Å². The third kappa shape index (κ3) is 6.48. The largest absolute Gasteiger partial charge is 0.456 e. The molecule has 1 unspecified atom stereocenters. The summed E-state index contributed by atoms with van der Waals surface area (Å²) in [5.74, 6) is 1.42. The minimum absolute atomic E-state index is 0.340. The number of para-hydroxylation sites is 1. The second kappa shape index (κ2) is 15.1. The smallest absolute Gasteiger partial charge is 0.159 e. The molecular weight excluding hydrogens is 733 g/mol. The maximum Gasteiger partial charge on any atom is 0.159 e. The summed E-state index contributed by atoms with van der Waals surface area (Å²) in [5.41, 5.74) is 12.3. The quantitative estimate of drug-likeness (QED) is 0.167. The molecule has 0 bridgehead atoms. The molecule has 1 aliphatic rings. The Morgan fingerprint density at radius 2 is 0.983 bits per heavy atom. The van der Waals surface area contributed by atoms with Crippen LogP contribution < -0.4 is 10.2 Å². The molecule has 0 aliphatic carbocycles. The lowest BCUT2D eigenvalue weighted by Gasteiger charge is -2.26. The Morgan fingerprint density at radius 1 is 0.433 bits per heavy atom. The summed E-state index contributed by atoms with van der Waals surface area (Å²) in [5, 5.41) is 8.13. The molecule has 0 fully saturated rings. The van der Waals surface area contributed by atoms with Crippen LogP contribution in [-0.4, -0.2) is 11.7 Å². The van der Waals surface area contributed by atoms with Gasteiger partial charge in [0.05, 0.1) is 0 Å². The molecule has 11 rings (SSSR count). The van der Waals surface area contributed by atoms with Crippen molar-refractivity contribution in [3.05, 3.63) is 235 Å². The molecule has 9 aromatic carbocycles. The van der Waals surface area contributed by atoms with Crippen molar-refractivity contribution in [3.8, 4) is 22.3 Å². The third-order valence-electron chi connectivity index (χ3n) is 11.3. The summed E-state index contributed by atoms with van der Waals surface area (Å²) in [6, 6.07) is 76.3. The number of fused-ring (bicyclic) bond motifs is 5. The molecule has 5 nitrogen and oxygen atoms in total. The van der Waals surface area contributed by atoms with Gasteiger partial charge in [0.25, 0.3) is 0 Å². The summed E-state index contributed by atoms with van der Waals surface area (Å²) >= 11 is 0. The van der Waals surface area contributed by atoms with E-state index in [2.05, 4.69) is 204 Å². The summed E-state index contributed by atoms with van der Waals surface area (Å²) in [7, 11) is 0. The minimum Gasteiger partial charge on any atom is -0.456 e. The first-order valence-corrected chi connectivity index (χ1v) is 20.3. The predicted octanol–water partition coefficient (Wildman–Crippen LogP) is 14.0. The number of rotatable bonds is 8. The van der Waals surface area contributed by atoms with E-state index in [0.717, 1.165) is 83.4 Å². The molecule has 1 aromatic heterocycles. The molecule has 0 amide bonds. The molecule has 1 N–H and O–H groups in total. The molecule has 60 heavy (non-hydrogen) atoms. The van der Waals surface area contributed by atoms with Crippen molar-refractivity contribution < 1.29 is 4.42 Å². The molecule has 1 atom stereocenters. The highest BCUT2D eigenvalue weighted by atomic mass is 16.3. The van der Waals surface area contributed by atoms with Gasteiger partial charge >= 0.3 is 0 Å². The van der Waals surface area contributed by atoms with E-state index in [0.29, 0.717) is 5.84 Å². The van der Waals surface area contributed by atoms with Gasteiger partial charge in [-0.1, -0.05) is 164 Å². The topological polar surface area (TPSA) is 53.1 Å². The number of aliphatic imine (C=N–C) groups is 2. The van der Waals surface area contributed by atoms with Crippen LogP contribution in [-0.2, 0) is 0 Å². The van der Waals surface area contributed by atoms with Gasteiger partial charge in [0.2, 0.25) is 0 Å². The van der Waals surface area contributed by atoms with Gasteiger partial charge in [-0.15, -0.1) is 0 Å². The number of anilines is 3. The van der Waals surface area contributed by atoms with Crippen LogP contribution in [0, 0.1) is 0 Å². The van der Waals surface area contributed by atoms with Crippen LogP contribution >= 0.6 is 0 Å². The van der Waals surface area contributed by atoms with Gasteiger partial charge in [0.15, 0.2) is 5.84 Å². The standard InChI is InChI=1S/C55H38N4O/c1-5-15-37(16-6-1)38-25-30-45(31-26-38)59(44-22-11-4-12-23-44)46-32-27-39(28-33-46)43-35-48(52-50(36-43)60-49-34-29-40-17-13-14-24-47(40)51(49)52)55-57-53(41-18-7-2-8-19-41)56-54(58-55)42-20-9-3-10-21-42/h1-36,53H,(H,56,57,58). The number of nitrogens with zero attached hydrogens (tertiary/aromatic N) is 3. The van der Waals surface area contributed by atoms with E-state index in [9.17, 15) is 0 Å². The fraction of sp³-hybridized carbons (Fsp3) is 0.0182. The molecule has 2 heterocycles. The molecule has 10 aromatic rings. The Bertz CT molecular complexity index is 3190. The van der Waals surface area contributed by atoms with Crippen molar-refractivity contribution >= 4 is 61.4 Å². The Morgan fingerprint density at radius 3 is 1.67 bits per heavy atom. The Hall–Kier alpha value is -8.02. The molecular formula is C55H38N4O. The predicted molar refractivity (Wildman–Crippen MR) is 249 cm³/mol. The summed E-state index contributed by atoms with van der Waals surface area (Å²) in [4.78, 5) is 12.7. The van der Waals surface area contributed by atoms with E-state index >= 15 is 0 Å². The summed E-state index contributed by atoms with van der Waals surface area (Å²) < 4.78 is 6.78. The van der Waals surface area contributed by atoms with Crippen molar-refractivity contribution in [2.75, 3.05) is 4.90 Å². The zero-order valence-electron chi connectivity index (χ0n) is 32.6. The van der Waals surface area contributed by atoms with Gasteiger partial charge in [-0.2, -0.15) is 0 Å². The summed E-state index contributed by atoms with van der Waals surface area (Å²) in [6.07, 6.45) is -0.340. The first-order chi connectivity index (χ1) is 29.7. The first-order valence-electron chi connectivity index (χ1n) is 20.3. The fourth-order valence-corrected chi connectivity index (χ4v) is 8.39. The van der Waals surface area contributed by atoms with Gasteiger partial charge in [0, 0.05) is 39.0 Å². The first kappa shape index (κ1) is 35.2. The van der Waals surface area contributed by atoms with E-state index in [4.69, 9.17) is 14.4 Å². The van der Waals surface area contributed by atoms with Crippen LogP contribution in [0.15, 0.2) is 233 Å². The van der Waals surface area contributed by atoms with E-state index in [1.165, 1.54) is 11.1 Å². The lowest BCUT2D eigenvalue weighted by Crippen LogP contribution is -2.33. The van der Waals surface area contributed by atoms with Crippen molar-refractivity contribution in [3.63, 3.8) is 0 Å². The molecule has 0 radical (unpaired) electrons. The Balaban J connectivity index is 1.06. The molecule has 1 aliphatic heterocycles. The molecule has 0 saturated heterocycles. The minimum atomic E-state index is -0.340. The normalized spacial score (nSPS) is 13.8. The van der Waals surface area contributed by atoms with Gasteiger partial charge in [-0.3, -0.25) is 0 Å². The highest BCUT2D eigenvalue weighted by Gasteiger charge is 2.25. The number of amidine groups is 2. The van der Waals surface area contributed by atoms with E-state index in [1.807, 2.05) is 24.3 Å². The highest BCUT2D eigenvalue weighted by molar-refractivity contribution is 6.27. The Kier molecular flexibility index (Phi) is 8.82. The zero-order chi connectivity index (χ0) is 39.8. The molecule has 0 spiro atoms. The van der Waals surface area contributed by atoms with Crippen molar-refractivity contribution in [2.24, 2.45) is 9.98 Å². The maximum atomic E-state index is 6.78. The SMILES string of the molecule is c1ccc(C2=NC(c3ccccc3)NC(c3cc(-c4ccc(N(c5ccccc5)c5ccc(-c6ccccc6)cc5)cc4)cc4oc5ccc6ccccc6c5c34)=N2)cc1. The van der Waals surface area contributed by atoms with Gasteiger partial charge in [-0.25, -0.2) is 9.98 Å². The second-order valence-electron chi connectivity index (χ2n) is 15.0. The van der Waals surface area contributed by atoms with Gasteiger partial charge < -0.3 is 14.6 Å². The van der Waals surface area contributed by atoms with Crippen LogP contribution in [0.5, 0.6) is 0 Å². The van der Waals surface area contributed by atoms with Crippen molar-refractivity contribution in [1.82, 2.24) is 5.32 Å². The average Bonchev–Trinajstić information content (AvgIpc) is 3.72. The summed E-state index contributed by atoms with van der Waals surface area (Å²) in [6.45, 7) is 0. The van der Waals surface area contributed by atoms with Crippen LogP contribution in [0.2, 0.25) is 0 Å². The molecule has 284 valence electrons. The number of nitrogens with one attached hydrogen (secondary N) is 1. The lowest BCUT2D eigenvalue weighted by atomic mass is 9.95. The highest BCUT2D eigenvalue weighted by Crippen LogP contribution is 2.41. The van der Waals surface area contributed by atoms with Crippen LogP contribution in [0.3, 0.4) is 0 Å². The number of benzene rings is 9. The van der Waals surface area contributed by atoms with E-state index < -0.39 is 0 Å². The monoisotopic (exact) mass is 770 g/mol. The lowest BCUT2D eigenvalue weighted by molar-refractivity contribution is 0.668.